The van der Waals surface area contributed by atoms with Gasteiger partial charge in [-0.05, 0) is 6.42 Å². The monoisotopic (exact) mass is 253 g/mol. The molecular weight excluding hydrogens is 226 g/mol. The summed E-state index contributed by atoms with van der Waals surface area (Å²) < 4.78 is 0. The number of hydrogen-bond donors (Lipinski definition) is 1. The zero-order valence-corrected chi connectivity index (χ0v) is 11.7. The number of nitrogens with one attached hydrogen (secondary N) is 1. The Kier molecular flexibility index (Phi) is 11.8. The number of hydrogen-bond acceptors (Lipinski definition) is 3. The van der Waals surface area contributed by atoms with Crippen LogP contribution < -0.4 is 0 Å². The van der Waals surface area contributed by atoms with Crippen molar-refractivity contribution in [2.24, 2.45) is 0 Å². The number of rotatable bonds is 13. The lowest BCUT2D eigenvalue weighted by Crippen LogP contribution is -2.07. The van der Waals surface area contributed by atoms with E-state index >= 15 is 0 Å². The molecule has 0 bridgehead atoms. The fraction of sp³-hybridized carbons (Fsp3) is 0.800. The minimum absolute atomic E-state index is 0.0218. The lowest BCUT2D eigenvalue weighted by molar-refractivity contribution is -0.123. The highest BCUT2D eigenvalue weighted by Crippen LogP contribution is 2.10. The highest BCUT2D eigenvalue weighted by Gasteiger charge is 2.06. The van der Waals surface area contributed by atoms with Crippen LogP contribution in [0.3, 0.4) is 0 Å². The molecule has 0 rings (SSSR count). The number of carbonyl (C=O) groups excluding carboxylic acids is 2. The van der Waals surface area contributed by atoms with Crippen molar-refractivity contribution in [1.82, 2.24) is 0 Å². The van der Waals surface area contributed by atoms with Gasteiger partial charge in [-0.3, -0.25) is 9.59 Å². The summed E-state index contributed by atoms with van der Waals surface area (Å²) in [5.74, 6) is -0.401. The van der Waals surface area contributed by atoms with Crippen molar-refractivity contribution in [1.29, 1.82) is 5.41 Å². The second kappa shape index (κ2) is 12.5. The molecule has 0 spiro atoms. The van der Waals surface area contributed by atoms with Gasteiger partial charge in [0.25, 0.3) is 0 Å². The van der Waals surface area contributed by atoms with Gasteiger partial charge in [-0.15, -0.1) is 0 Å². The Morgan fingerprint density at radius 2 is 1.39 bits per heavy atom. The number of unbranched alkanes of at least 4 members (excludes halogenated alkanes) is 8. The fourth-order valence-corrected chi connectivity index (χ4v) is 1.97. The molecule has 104 valence electrons. The third-order valence-electron chi connectivity index (χ3n) is 3.09. The van der Waals surface area contributed by atoms with E-state index in [0.29, 0.717) is 6.42 Å². The largest absolute Gasteiger partial charge is 0.305 e. The van der Waals surface area contributed by atoms with Gasteiger partial charge in [0.1, 0.15) is 5.78 Å². The Morgan fingerprint density at radius 3 is 1.89 bits per heavy atom. The van der Waals surface area contributed by atoms with Crippen molar-refractivity contribution in [3.8, 4) is 0 Å². The fourth-order valence-electron chi connectivity index (χ4n) is 1.97. The van der Waals surface area contributed by atoms with E-state index in [9.17, 15) is 9.59 Å². The smallest absolute Gasteiger partial charge is 0.180 e. The Bertz CT molecular complexity index is 249. The van der Waals surface area contributed by atoms with E-state index in [2.05, 4.69) is 6.92 Å². The summed E-state index contributed by atoms with van der Waals surface area (Å²) in [5, 5.41) is 6.71. The number of Topliss-reactive ketones (excluding diaryl/α,β-unsaturated/α-hetero) is 2. The van der Waals surface area contributed by atoms with Crippen molar-refractivity contribution in [3.63, 3.8) is 0 Å². The Balaban J connectivity index is 3.22. The van der Waals surface area contributed by atoms with Gasteiger partial charge < -0.3 is 5.41 Å². The molecule has 0 aromatic carbocycles. The lowest BCUT2D eigenvalue weighted by Gasteiger charge is -2.01. The zero-order valence-electron chi connectivity index (χ0n) is 11.7. The van der Waals surface area contributed by atoms with E-state index in [0.717, 1.165) is 19.1 Å². The standard InChI is InChI=1S/C15H27NO2/c1-2-3-4-5-6-7-8-9-10-11-14(17)12-15(18)13-16/h13,16H,2-12H2,1H3. The molecule has 0 unspecified atom stereocenters. The van der Waals surface area contributed by atoms with Gasteiger partial charge in [-0.1, -0.05) is 58.3 Å². The van der Waals surface area contributed by atoms with E-state index in [-0.39, 0.29) is 18.0 Å². The first-order valence-corrected chi connectivity index (χ1v) is 7.25. The second-order valence-electron chi connectivity index (χ2n) is 4.90. The van der Waals surface area contributed by atoms with E-state index in [4.69, 9.17) is 5.41 Å². The predicted octanol–water partition coefficient (Wildman–Crippen LogP) is 4.09. The SMILES string of the molecule is CCCCCCCCCCCC(=O)CC(=O)C=N. The quantitative estimate of drug-likeness (QED) is 0.305. The summed E-state index contributed by atoms with van der Waals surface area (Å²) >= 11 is 0. The van der Waals surface area contributed by atoms with Crippen molar-refractivity contribution in [3.05, 3.63) is 0 Å². The molecule has 0 aliphatic heterocycles. The topological polar surface area (TPSA) is 58.0 Å². The highest BCUT2D eigenvalue weighted by atomic mass is 16.1. The molecule has 0 heterocycles. The van der Waals surface area contributed by atoms with Crippen LogP contribution in [0.4, 0.5) is 0 Å². The summed E-state index contributed by atoms with van der Waals surface area (Å²) in [7, 11) is 0. The first-order valence-electron chi connectivity index (χ1n) is 7.25. The molecule has 3 heteroatoms. The van der Waals surface area contributed by atoms with Crippen molar-refractivity contribution >= 4 is 17.8 Å². The first kappa shape index (κ1) is 17.0. The van der Waals surface area contributed by atoms with Gasteiger partial charge in [0.15, 0.2) is 5.78 Å². The van der Waals surface area contributed by atoms with Crippen LogP contribution in [0.15, 0.2) is 0 Å². The maximum atomic E-state index is 11.3. The van der Waals surface area contributed by atoms with Gasteiger partial charge >= 0.3 is 0 Å². The predicted molar refractivity (Wildman–Crippen MR) is 75.3 cm³/mol. The first-order chi connectivity index (χ1) is 8.70. The van der Waals surface area contributed by atoms with Crippen molar-refractivity contribution in [2.45, 2.75) is 77.6 Å². The third kappa shape index (κ3) is 11.5. The maximum Gasteiger partial charge on any atom is 0.180 e. The summed E-state index contributed by atoms with van der Waals surface area (Å²) in [6.45, 7) is 2.22. The summed E-state index contributed by atoms with van der Waals surface area (Å²) in [6, 6.07) is 0. The zero-order chi connectivity index (χ0) is 13.6. The van der Waals surface area contributed by atoms with Crippen molar-refractivity contribution in [2.75, 3.05) is 0 Å². The van der Waals surface area contributed by atoms with Gasteiger partial charge in [0.2, 0.25) is 0 Å². The summed E-state index contributed by atoms with van der Waals surface area (Å²) in [5.41, 5.74) is 0. The molecule has 0 saturated carbocycles. The van der Waals surface area contributed by atoms with E-state index in [1.165, 1.54) is 44.9 Å². The van der Waals surface area contributed by atoms with Gasteiger partial charge in [-0.25, -0.2) is 0 Å². The molecule has 0 fully saturated rings. The Labute approximate surface area is 111 Å². The Hall–Kier alpha value is -0.990. The molecule has 0 aliphatic carbocycles. The average Bonchev–Trinajstić information content (AvgIpc) is 2.36. The highest BCUT2D eigenvalue weighted by molar-refractivity contribution is 6.30. The van der Waals surface area contributed by atoms with Crippen LogP contribution in [0.5, 0.6) is 0 Å². The van der Waals surface area contributed by atoms with E-state index in [1.807, 2.05) is 0 Å². The van der Waals surface area contributed by atoms with Crippen LogP contribution in [0, 0.1) is 5.41 Å². The van der Waals surface area contributed by atoms with Crippen LogP contribution >= 0.6 is 0 Å². The Morgan fingerprint density at radius 1 is 0.889 bits per heavy atom. The molecule has 0 aromatic rings. The van der Waals surface area contributed by atoms with E-state index < -0.39 is 0 Å². The molecular formula is C15H27NO2. The summed E-state index contributed by atoms with van der Waals surface area (Å²) in [6.07, 6.45) is 12.2. The minimum Gasteiger partial charge on any atom is -0.305 e. The number of ketones is 2. The van der Waals surface area contributed by atoms with Crippen molar-refractivity contribution < 1.29 is 9.59 Å². The normalized spacial score (nSPS) is 10.3. The molecule has 0 aromatic heterocycles. The van der Waals surface area contributed by atoms with Gasteiger partial charge in [0, 0.05) is 6.42 Å². The van der Waals surface area contributed by atoms with Crippen LogP contribution in [-0.4, -0.2) is 17.8 Å². The van der Waals surface area contributed by atoms with Gasteiger partial charge in [-0.2, -0.15) is 0 Å². The second-order valence-corrected chi connectivity index (χ2v) is 4.90. The molecule has 0 radical (unpaired) electrons. The van der Waals surface area contributed by atoms with Crippen LogP contribution in [0.2, 0.25) is 0 Å². The third-order valence-corrected chi connectivity index (χ3v) is 3.09. The molecule has 1 N–H and O–H groups in total. The van der Waals surface area contributed by atoms with Crippen LogP contribution in [0.25, 0.3) is 0 Å². The minimum atomic E-state index is -0.379. The maximum absolute atomic E-state index is 11.3. The average molecular weight is 253 g/mol. The molecule has 0 atom stereocenters. The van der Waals surface area contributed by atoms with E-state index in [1.54, 1.807) is 0 Å². The molecule has 0 aliphatic rings. The molecule has 18 heavy (non-hydrogen) atoms. The van der Waals surface area contributed by atoms with Crippen LogP contribution in [0.1, 0.15) is 77.6 Å². The summed E-state index contributed by atoms with van der Waals surface area (Å²) in [4.78, 5) is 22.1. The van der Waals surface area contributed by atoms with Gasteiger partial charge in [0.05, 0.1) is 12.6 Å². The van der Waals surface area contributed by atoms with Crippen LogP contribution in [-0.2, 0) is 9.59 Å². The lowest BCUT2D eigenvalue weighted by atomic mass is 10.0. The molecule has 3 nitrogen and oxygen atoms in total. The molecule has 0 amide bonds. The molecule has 0 saturated heterocycles. The number of carbonyl (C=O) groups is 2.